The molecule has 0 aromatic heterocycles. The molecule has 0 aliphatic heterocycles. The van der Waals surface area contributed by atoms with Crippen molar-refractivity contribution in [3.05, 3.63) is 29.8 Å². The minimum absolute atomic E-state index is 0.0329. The van der Waals surface area contributed by atoms with Gasteiger partial charge in [0.2, 0.25) is 5.91 Å². The van der Waals surface area contributed by atoms with Crippen molar-refractivity contribution in [3.63, 3.8) is 0 Å². The van der Waals surface area contributed by atoms with Crippen LogP contribution in [0.5, 0.6) is 5.75 Å². The molecule has 0 heterocycles. The summed E-state index contributed by atoms with van der Waals surface area (Å²) in [6, 6.07) is 6.65. The summed E-state index contributed by atoms with van der Waals surface area (Å²) in [6.45, 7) is 2.33. The minimum Gasteiger partial charge on any atom is -0.489 e. The molecule has 14 heavy (non-hydrogen) atoms. The van der Waals surface area contributed by atoms with Gasteiger partial charge in [0.1, 0.15) is 11.9 Å². The Balaban J connectivity index is 2.68. The van der Waals surface area contributed by atoms with Gasteiger partial charge in [0.25, 0.3) is 0 Å². The largest absolute Gasteiger partial charge is 0.489 e. The molecule has 1 aromatic rings. The zero-order valence-electron chi connectivity index (χ0n) is 8.07. The van der Waals surface area contributed by atoms with Crippen LogP contribution in [0.25, 0.3) is 0 Å². The summed E-state index contributed by atoms with van der Waals surface area (Å²) >= 11 is 0. The molecule has 0 radical (unpaired) electrons. The van der Waals surface area contributed by atoms with E-state index in [9.17, 15) is 4.79 Å². The van der Waals surface area contributed by atoms with Crippen LogP contribution in [0.2, 0.25) is 0 Å². The molecule has 1 amide bonds. The van der Waals surface area contributed by atoms with Crippen molar-refractivity contribution >= 4 is 5.91 Å². The molecule has 76 valence electrons. The number of amides is 1. The highest BCUT2D eigenvalue weighted by molar-refractivity contribution is 5.92. The third kappa shape index (κ3) is 2.74. The Bertz CT molecular complexity index is 308. The van der Waals surface area contributed by atoms with Crippen LogP contribution in [0.15, 0.2) is 24.3 Å². The van der Waals surface area contributed by atoms with Crippen LogP contribution in [0.3, 0.4) is 0 Å². The number of benzene rings is 1. The summed E-state index contributed by atoms with van der Waals surface area (Å²) in [5.74, 6) is 0.247. The highest BCUT2D eigenvalue weighted by atomic mass is 16.5. The number of nitrogens with two attached hydrogens (primary N) is 2. The Labute approximate surface area is 82.8 Å². The van der Waals surface area contributed by atoms with Crippen LogP contribution in [0.4, 0.5) is 0 Å². The number of carbonyl (C=O) groups is 1. The number of ether oxygens (including phenoxy) is 1. The predicted octanol–water partition coefficient (Wildman–Crippen LogP) is 0.511. The number of primary amides is 1. The quantitative estimate of drug-likeness (QED) is 0.733. The van der Waals surface area contributed by atoms with E-state index in [2.05, 4.69) is 0 Å². The first-order chi connectivity index (χ1) is 6.63. The van der Waals surface area contributed by atoms with Gasteiger partial charge in [-0.25, -0.2) is 0 Å². The monoisotopic (exact) mass is 194 g/mol. The van der Waals surface area contributed by atoms with Crippen molar-refractivity contribution in [3.8, 4) is 5.75 Å². The van der Waals surface area contributed by atoms with E-state index >= 15 is 0 Å². The maximum Gasteiger partial charge on any atom is 0.248 e. The summed E-state index contributed by atoms with van der Waals surface area (Å²) in [6.07, 6.45) is -0.0329. The molecule has 1 unspecified atom stereocenters. The first kappa shape index (κ1) is 10.5. The van der Waals surface area contributed by atoms with Crippen LogP contribution in [-0.2, 0) is 0 Å². The first-order valence-corrected chi connectivity index (χ1v) is 4.40. The lowest BCUT2D eigenvalue weighted by Gasteiger charge is -2.12. The topological polar surface area (TPSA) is 78.3 Å². The fraction of sp³-hybridized carbons (Fsp3) is 0.300. The van der Waals surface area contributed by atoms with Crippen LogP contribution in [-0.4, -0.2) is 18.6 Å². The number of rotatable bonds is 4. The second-order valence-electron chi connectivity index (χ2n) is 3.05. The second kappa shape index (κ2) is 4.62. The van der Waals surface area contributed by atoms with Gasteiger partial charge in [-0.3, -0.25) is 4.79 Å². The predicted molar refractivity (Wildman–Crippen MR) is 54.1 cm³/mol. The molecular weight excluding hydrogens is 180 g/mol. The van der Waals surface area contributed by atoms with Crippen LogP contribution < -0.4 is 16.2 Å². The molecule has 1 aromatic carbocycles. The number of hydrogen-bond acceptors (Lipinski definition) is 3. The lowest BCUT2D eigenvalue weighted by molar-refractivity contribution is 0.100. The maximum absolute atomic E-state index is 10.8. The van der Waals surface area contributed by atoms with Crippen LogP contribution in [0, 0.1) is 0 Å². The fourth-order valence-corrected chi connectivity index (χ4v) is 0.978. The van der Waals surface area contributed by atoms with Gasteiger partial charge < -0.3 is 16.2 Å². The zero-order chi connectivity index (χ0) is 10.6. The van der Waals surface area contributed by atoms with Gasteiger partial charge in [-0.15, -0.1) is 0 Å². The van der Waals surface area contributed by atoms with Gasteiger partial charge in [-0.05, 0) is 31.2 Å². The van der Waals surface area contributed by atoms with Gasteiger partial charge in [-0.1, -0.05) is 0 Å². The van der Waals surface area contributed by atoms with Crippen molar-refractivity contribution in [2.24, 2.45) is 11.5 Å². The van der Waals surface area contributed by atoms with E-state index in [0.717, 1.165) is 0 Å². The molecule has 0 aliphatic carbocycles. The first-order valence-electron chi connectivity index (χ1n) is 4.40. The average Bonchev–Trinajstić information content (AvgIpc) is 2.18. The van der Waals surface area contributed by atoms with E-state index in [-0.39, 0.29) is 6.10 Å². The van der Waals surface area contributed by atoms with Crippen LogP contribution >= 0.6 is 0 Å². The smallest absolute Gasteiger partial charge is 0.248 e. The lowest BCUT2D eigenvalue weighted by Crippen LogP contribution is -2.22. The Kier molecular flexibility index (Phi) is 3.48. The van der Waals surface area contributed by atoms with Gasteiger partial charge in [0.15, 0.2) is 0 Å². The molecule has 4 nitrogen and oxygen atoms in total. The molecule has 0 spiro atoms. The average molecular weight is 194 g/mol. The van der Waals surface area contributed by atoms with Crippen molar-refractivity contribution in [2.45, 2.75) is 13.0 Å². The van der Waals surface area contributed by atoms with E-state index in [1.54, 1.807) is 24.3 Å². The van der Waals surface area contributed by atoms with E-state index < -0.39 is 5.91 Å². The third-order valence-corrected chi connectivity index (χ3v) is 1.81. The standard InChI is InChI=1S/C10H14N2O2/c1-7(6-11)14-9-4-2-8(3-5-9)10(12)13/h2-5,7H,6,11H2,1H3,(H2,12,13). The zero-order valence-corrected chi connectivity index (χ0v) is 8.07. The summed E-state index contributed by atoms with van der Waals surface area (Å²) in [5.41, 5.74) is 11.0. The molecule has 0 saturated heterocycles. The third-order valence-electron chi connectivity index (χ3n) is 1.81. The molecule has 0 saturated carbocycles. The minimum atomic E-state index is -0.441. The Morgan fingerprint density at radius 2 is 2.00 bits per heavy atom. The molecular formula is C10H14N2O2. The number of hydrogen-bond donors (Lipinski definition) is 2. The second-order valence-corrected chi connectivity index (χ2v) is 3.05. The Hall–Kier alpha value is -1.55. The van der Waals surface area contributed by atoms with Gasteiger partial charge in [-0.2, -0.15) is 0 Å². The van der Waals surface area contributed by atoms with E-state index in [1.165, 1.54) is 0 Å². The highest BCUT2D eigenvalue weighted by Crippen LogP contribution is 2.13. The molecule has 0 fully saturated rings. The van der Waals surface area contributed by atoms with Crippen molar-refractivity contribution in [1.29, 1.82) is 0 Å². The Morgan fingerprint density at radius 1 is 1.43 bits per heavy atom. The van der Waals surface area contributed by atoms with Crippen molar-refractivity contribution in [2.75, 3.05) is 6.54 Å². The van der Waals surface area contributed by atoms with Crippen LogP contribution in [0.1, 0.15) is 17.3 Å². The SMILES string of the molecule is CC(CN)Oc1ccc(C(N)=O)cc1. The molecule has 1 rings (SSSR count). The number of carbonyl (C=O) groups excluding carboxylic acids is 1. The normalized spacial score (nSPS) is 12.1. The molecule has 4 heteroatoms. The summed E-state index contributed by atoms with van der Waals surface area (Å²) in [4.78, 5) is 10.8. The van der Waals surface area contributed by atoms with E-state index in [1.807, 2.05) is 6.92 Å². The molecule has 0 aliphatic rings. The summed E-state index contributed by atoms with van der Waals surface area (Å²) < 4.78 is 5.42. The Morgan fingerprint density at radius 3 is 2.43 bits per heavy atom. The van der Waals surface area contributed by atoms with E-state index in [4.69, 9.17) is 16.2 Å². The molecule has 1 atom stereocenters. The molecule has 4 N–H and O–H groups in total. The summed E-state index contributed by atoms with van der Waals surface area (Å²) in [5, 5.41) is 0. The van der Waals surface area contributed by atoms with Crippen molar-refractivity contribution < 1.29 is 9.53 Å². The molecule has 0 bridgehead atoms. The maximum atomic E-state index is 10.8. The van der Waals surface area contributed by atoms with Gasteiger partial charge >= 0.3 is 0 Å². The van der Waals surface area contributed by atoms with E-state index in [0.29, 0.717) is 17.9 Å². The fourth-order valence-electron chi connectivity index (χ4n) is 0.978. The van der Waals surface area contributed by atoms with Crippen molar-refractivity contribution in [1.82, 2.24) is 0 Å². The summed E-state index contributed by atoms with van der Waals surface area (Å²) in [7, 11) is 0. The van der Waals surface area contributed by atoms with Gasteiger partial charge in [0.05, 0.1) is 0 Å². The lowest BCUT2D eigenvalue weighted by atomic mass is 10.2. The van der Waals surface area contributed by atoms with Gasteiger partial charge in [0, 0.05) is 12.1 Å². The highest BCUT2D eigenvalue weighted by Gasteiger charge is 2.02.